The van der Waals surface area contributed by atoms with E-state index in [1.165, 1.54) is 0 Å². The standard InChI is InChI=1S/C14H19F3N2O2/c1-2-21-13(20)10-6-5-7-11(18)12(10)19-9-4-3-8-14(15,16)17/h5-7,19H,2-4,8-9,18H2,1H3. The minimum atomic E-state index is -4.14. The number of carbonyl (C=O) groups excluding carboxylic acids is 1. The van der Waals surface area contributed by atoms with Crippen molar-refractivity contribution in [3.8, 4) is 0 Å². The van der Waals surface area contributed by atoms with E-state index in [1.54, 1.807) is 25.1 Å². The first-order valence-electron chi connectivity index (χ1n) is 6.71. The fraction of sp³-hybridized carbons (Fsp3) is 0.500. The van der Waals surface area contributed by atoms with Crippen LogP contribution >= 0.6 is 0 Å². The second kappa shape index (κ2) is 7.75. The van der Waals surface area contributed by atoms with Crippen molar-refractivity contribution in [2.45, 2.75) is 32.4 Å². The number of nitrogens with two attached hydrogens (primary N) is 1. The number of carbonyl (C=O) groups is 1. The summed E-state index contributed by atoms with van der Waals surface area (Å²) < 4.78 is 41.0. The van der Waals surface area contributed by atoms with Gasteiger partial charge in [-0.15, -0.1) is 0 Å². The van der Waals surface area contributed by atoms with Crippen LogP contribution in [-0.2, 0) is 4.74 Å². The predicted molar refractivity (Wildman–Crippen MR) is 75.2 cm³/mol. The normalized spacial score (nSPS) is 11.2. The highest BCUT2D eigenvalue weighted by Crippen LogP contribution is 2.25. The molecule has 0 unspecified atom stereocenters. The number of benzene rings is 1. The van der Waals surface area contributed by atoms with Gasteiger partial charge in [-0.1, -0.05) is 6.07 Å². The Balaban J connectivity index is 2.60. The molecule has 0 aromatic heterocycles. The number of ether oxygens (including phenoxy) is 1. The van der Waals surface area contributed by atoms with Gasteiger partial charge in [-0.05, 0) is 31.9 Å². The lowest BCUT2D eigenvalue weighted by molar-refractivity contribution is -0.135. The molecule has 3 N–H and O–H groups in total. The topological polar surface area (TPSA) is 64.3 Å². The molecule has 0 saturated heterocycles. The quantitative estimate of drug-likeness (QED) is 0.459. The largest absolute Gasteiger partial charge is 0.462 e. The second-order valence-electron chi connectivity index (χ2n) is 4.49. The van der Waals surface area contributed by atoms with Gasteiger partial charge in [0.25, 0.3) is 0 Å². The van der Waals surface area contributed by atoms with Crippen molar-refractivity contribution in [1.82, 2.24) is 0 Å². The highest BCUT2D eigenvalue weighted by Gasteiger charge is 2.25. The highest BCUT2D eigenvalue weighted by molar-refractivity contribution is 5.98. The molecule has 1 rings (SSSR count). The molecule has 4 nitrogen and oxygen atoms in total. The van der Waals surface area contributed by atoms with Gasteiger partial charge in [-0.2, -0.15) is 13.2 Å². The molecule has 21 heavy (non-hydrogen) atoms. The summed E-state index contributed by atoms with van der Waals surface area (Å²) in [5.74, 6) is -0.511. The van der Waals surface area contributed by atoms with Gasteiger partial charge in [0.2, 0.25) is 0 Å². The van der Waals surface area contributed by atoms with E-state index in [2.05, 4.69) is 5.32 Å². The number of alkyl halides is 3. The number of nitrogens with one attached hydrogen (secondary N) is 1. The summed E-state index contributed by atoms with van der Waals surface area (Å²) in [6, 6.07) is 4.80. The van der Waals surface area contributed by atoms with Crippen LogP contribution < -0.4 is 11.1 Å². The minimum Gasteiger partial charge on any atom is -0.462 e. The molecule has 0 amide bonds. The Morgan fingerprint density at radius 1 is 1.33 bits per heavy atom. The third kappa shape index (κ3) is 5.93. The van der Waals surface area contributed by atoms with Crippen molar-refractivity contribution in [3.63, 3.8) is 0 Å². The van der Waals surface area contributed by atoms with E-state index in [-0.39, 0.29) is 18.6 Å². The number of esters is 1. The Bertz CT molecular complexity index is 476. The maximum absolute atomic E-state index is 12.0. The average Bonchev–Trinajstić information content (AvgIpc) is 2.38. The molecule has 0 aliphatic heterocycles. The lowest BCUT2D eigenvalue weighted by Crippen LogP contribution is -2.13. The first kappa shape index (κ1) is 17.1. The number of anilines is 2. The molecular formula is C14H19F3N2O2. The highest BCUT2D eigenvalue weighted by atomic mass is 19.4. The molecule has 0 aliphatic carbocycles. The lowest BCUT2D eigenvalue weighted by atomic mass is 10.1. The maximum Gasteiger partial charge on any atom is 0.389 e. The zero-order valence-electron chi connectivity index (χ0n) is 11.8. The SMILES string of the molecule is CCOC(=O)c1cccc(N)c1NCCCCC(F)(F)F. The van der Waals surface area contributed by atoms with Gasteiger partial charge in [0.1, 0.15) is 0 Å². The van der Waals surface area contributed by atoms with Crippen molar-refractivity contribution in [3.05, 3.63) is 23.8 Å². The van der Waals surface area contributed by atoms with Gasteiger partial charge in [0, 0.05) is 13.0 Å². The zero-order valence-corrected chi connectivity index (χ0v) is 11.8. The van der Waals surface area contributed by atoms with E-state index in [1.807, 2.05) is 0 Å². The van der Waals surface area contributed by atoms with Crippen LogP contribution in [0.5, 0.6) is 0 Å². The zero-order chi connectivity index (χ0) is 15.9. The van der Waals surface area contributed by atoms with Crippen molar-refractivity contribution in [1.29, 1.82) is 0 Å². The summed E-state index contributed by atoms with van der Waals surface area (Å²) in [4.78, 5) is 11.8. The fourth-order valence-corrected chi connectivity index (χ4v) is 1.81. The maximum atomic E-state index is 12.0. The number of para-hydroxylation sites is 1. The van der Waals surface area contributed by atoms with E-state index < -0.39 is 18.6 Å². The van der Waals surface area contributed by atoms with Crippen LogP contribution in [0.1, 0.15) is 36.5 Å². The molecule has 0 atom stereocenters. The average molecular weight is 304 g/mol. The summed E-state index contributed by atoms with van der Waals surface area (Å²) in [5.41, 5.74) is 6.84. The summed E-state index contributed by atoms with van der Waals surface area (Å²) >= 11 is 0. The molecule has 1 aromatic carbocycles. The van der Waals surface area contributed by atoms with Crippen molar-refractivity contribution in [2.75, 3.05) is 24.2 Å². The molecule has 0 spiro atoms. The Morgan fingerprint density at radius 3 is 2.67 bits per heavy atom. The predicted octanol–water partition coefficient (Wildman–Crippen LogP) is 3.59. The van der Waals surface area contributed by atoms with E-state index >= 15 is 0 Å². The number of unbranched alkanes of at least 4 members (excludes halogenated alkanes) is 1. The third-order valence-electron chi connectivity index (χ3n) is 2.78. The summed E-state index contributed by atoms with van der Waals surface area (Å²) in [5, 5.41) is 2.91. The summed E-state index contributed by atoms with van der Waals surface area (Å²) in [6.07, 6.45) is -4.60. The Labute approximate surface area is 121 Å². The number of hydrogen-bond acceptors (Lipinski definition) is 4. The number of nitrogen functional groups attached to an aromatic ring is 1. The molecule has 0 radical (unpaired) electrons. The summed E-state index contributed by atoms with van der Waals surface area (Å²) in [7, 11) is 0. The fourth-order valence-electron chi connectivity index (χ4n) is 1.81. The van der Waals surface area contributed by atoms with Gasteiger partial charge in [0.15, 0.2) is 0 Å². The van der Waals surface area contributed by atoms with Crippen LogP contribution in [0, 0.1) is 0 Å². The molecular weight excluding hydrogens is 285 g/mol. The molecule has 0 fully saturated rings. The molecule has 0 saturated carbocycles. The molecule has 0 heterocycles. The number of hydrogen-bond donors (Lipinski definition) is 2. The van der Waals surface area contributed by atoms with Crippen LogP contribution in [0.2, 0.25) is 0 Å². The van der Waals surface area contributed by atoms with E-state index in [0.717, 1.165) is 0 Å². The van der Waals surface area contributed by atoms with E-state index in [4.69, 9.17) is 10.5 Å². The minimum absolute atomic E-state index is 0.0258. The first-order chi connectivity index (χ1) is 9.85. The van der Waals surface area contributed by atoms with Gasteiger partial charge >= 0.3 is 12.1 Å². The molecule has 118 valence electrons. The first-order valence-corrected chi connectivity index (χ1v) is 6.71. The number of halogens is 3. The van der Waals surface area contributed by atoms with Crippen LogP contribution in [0.3, 0.4) is 0 Å². The van der Waals surface area contributed by atoms with E-state index in [9.17, 15) is 18.0 Å². The van der Waals surface area contributed by atoms with Gasteiger partial charge in [-0.25, -0.2) is 4.79 Å². The van der Waals surface area contributed by atoms with Crippen molar-refractivity contribution < 1.29 is 22.7 Å². The van der Waals surface area contributed by atoms with Gasteiger partial charge < -0.3 is 15.8 Å². The third-order valence-corrected chi connectivity index (χ3v) is 2.78. The lowest BCUT2D eigenvalue weighted by Gasteiger charge is -2.14. The van der Waals surface area contributed by atoms with Crippen LogP contribution in [0.4, 0.5) is 24.5 Å². The molecule has 1 aromatic rings. The van der Waals surface area contributed by atoms with E-state index in [0.29, 0.717) is 24.3 Å². The molecule has 7 heteroatoms. The van der Waals surface area contributed by atoms with Crippen LogP contribution in [0.25, 0.3) is 0 Å². The van der Waals surface area contributed by atoms with Gasteiger partial charge in [0.05, 0.1) is 23.5 Å². The Kier molecular flexibility index (Phi) is 6.33. The van der Waals surface area contributed by atoms with Crippen molar-refractivity contribution in [2.24, 2.45) is 0 Å². The summed E-state index contributed by atoms with van der Waals surface area (Å²) in [6.45, 7) is 2.23. The molecule has 0 aliphatic rings. The van der Waals surface area contributed by atoms with Crippen LogP contribution in [-0.4, -0.2) is 25.3 Å². The van der Waals surface area contributed by atoms with Gasteiger partial charge in [-0.3, -0.25) is 0 Å². The monoisotopic (exact) mass is 304 g/mol. The van der Waals surface area contributed by atoms with Crippen LogP contribution in [0.15, 0.2) is 18.2 Å². The molecule has 0 bridgehead atoms. The second-order valence-corrected chi connectivity index (χ2v) is 4.49. The van der Waals surface area contributed by atoms with Crippen molar-refractivity contribution >= 4 is 17.3 Å². The Hall–Kier alpha value is -1.92. The number of rotatable bonds is 7. The Morgan fingerprint density at radius 2 is 2.05 bits per heavy atom. The smallest absolute Gasteiger partial charge is 0.389 e.